The van der Waals surface area contributed by atoms with E-state index in [0.29, 0.717) is 6.04 Å². The van der Waals surface area contributed by atoms with Gasteiger partial charge in [0.15, 0.2) is 11.6 Å². The van der Waals surface area contributed by atoms with Crippen LogP contribution < -0.4 is 9.64 Å². The van der Waals surface area contributed by atoms with E-state index in [4.69, 9.17) is 16.3 Å². The minimum atomic E-state index is 0.464. The number of nitrogens with zero attached hydrogens (tertiary/aromatic N) is 4. The van der Waals surface area contributed by atoms with Crippen molar-refractivity contribution in [3.8, 4) is 5.75 Å². The Balaban J connectivity index is 1.33. The van der Waals surface area contributed by atoms with Crippen LogP contribution in [0.5, 0.6) is 5.75 Å². The first-order chi connectivity index (χ1) is 13.7. The van der Waals surface area contributed by atoms with Gasteiger partial charge < -0.3 is 14.6 Å². The lowest BCUT2D eigenvalue weighted by atomic mass is 10.1. The standard InChI is InChI=1S/C21H26ClN5O/c1-15-13-27(21-20(28-2)12-23-14-25-21)9-8-26(15)7-3-4-16-11-24-19-6-5-17(22)10-18(16)19/h5-6,10-12,14-15,24H,3-4,7-9,13H2,1-2H3. The van der Waals surface area contributed by atoms with Crippen LogP contribution in [0.25, 0.3) is 10.9 Å². The normalized spacial score (nSPS) is 18.0. The number of hydrogen-bond acceptors (Lipinski definition) is 5. The Hall–Kier alpha value is -2.31. The first kappa shape index (κ1) is 19.0. The summed E-state index contributed by atoms with van der Waals surface area (Å²) in [6, 6.07) is 6.49. The highest BCUT2D eigenvalue weighted by Gasteiger charge is 2.25. The average Bonchev–Trinajstić information content (AvgIpc) is 3.11. The fraction of sp³-hybridized carbons (Fsp3) is 0.429. The molecule has 1 fully saturated rings. The highest BCUT2D eigenvalue weighted by molar-refractivity contribution is 6.31. The smallest absolute Gasteiger partial charge is 0.179 e. The van der Waals surface area contributed by atoms with Crippen molar-refractivity contribution in [3.63, 3.8) is 0 Å². The number of H-pyrrole nitrogens is 1. The van der Waals surface area contributed by atoms with Gasteiger partial charge in [-0.15, -0.1) is 0 Å². The molecule has 0 spiro atoms. The van der Waals surface area contributed by atoms with Gasteiger partial charge in [-0.2, -0.15) is 0 Å². The van der Waals surface area contributed by atoms with Gasteiger partial charge in [-0.05, 0) is 50.1 Å². The molecule has 0 saturated carbocycles. The van der Waals surface area contributed by atoms with Gasteiger partial charge in [-0.3, -0.25) is 4.90 Å². The van der Waals surface area contributed by atoms with E-state index in [-0.39, 0.29) is 0 Å². The summed E-state index contributed by atoms with van der Waals surface area (Å²) in [4.78, 5) is 16.7. The van der Waals surface area contributed by atoms with E-state index in [1.54, 1.807) is 19.6 Å². The number of halogens is 1. The first-order valence-corrected chi connectivity index (χ1v) is 10.1. The van der Waals surface area contributed by atoms with Crippen molar-refractivity contribution in [2.24, 2.45) is 0 Å². The third kappa shape index (κ3) is 3.93. The van der Waals surface area contributed by atoms with Crippen LogP contribution >= 0.6 is 11.6 Å². The zero-order chi connectivity index (χ0) is 19.5. The molecule has 0 bridgehead atoms. The number of nitrogens with one attached hydrogen (secondary N) is 1. The minimum Gasteiger partial charge on any atom is -0.491 e. The molecule has 1 atom stereocenters. The topological polar surface area (TPSA) is 57.3 Å². The maximum atomic E-state index is 6.16. The summed E-state index contributed by atoms with van der Waals surface area (Å²) >= 11 is 6.16. The van der Waals surface area contributed by atoms with Crippen molar-refractivity contribution in [3.05, 3.63) is 47.5 Å². The molecule has 1 aromatic carbocycles. The monoisotopic (exact) mass is 399 g/mol. The molecule has 7 heteroatoms. The Morgan fingerprint density at radius 3 is 3.04 bits per heavy atom. The number of aromatic amines is 1. The predicted molar refractivity (Wildman–Crippen MR) is 113 cm³/mol. The molecule has 3 aromatic rings. The van der Waals surface area contributed by atoms with Gasteiger partial charge in [0.05, 0.1) is 13.3 Å². The van der Waals surface area contributed by atoms with Crippen LogP contribution in [0.4, 0.5) is 5.82 Å². The molecule has 0 radical (unpaired) electrons. The molecule has 1 saturated heterocycles. The molecule has 1 N–H and O–H groups in total. The van der Waals surface area contributed by atoms with Crippen molar-refractivity contribution < 1.29 is 4.74 Å². The molecule has 6 nitrogen and oxygen atoms in total. The summed E-state index contributed by atoms with van der Waals surface area (Å²) in [7, 11) is 1.67. The minimum absolute atomic E-state index is 0.464. The Morgan fingerprint density at radius 1 is 1.32 bits per heavy atom. The van der Waals surface area contributed by atoms with Gasteiger partial charge in [0.2, 0.25) is 0 Å². The van der Waals surface area contributed by atoms with Crippen LogP contribution in [0, 0.1) is 0 Å². The van der Waals surface area contributed by atoms with E-state index in [1.165, 1.54) is 10.9 Å². The van der Waals surface area contributed by atoms with Crippen molar-refractivity contribution in [2.75, 3.05) is 38.2 Å². The van der Waals surface area contributed by atoms with Crippen molar-refractivity contribution in [2.45, 2.75) is 25.8 Å². The number of ether oxygens (including phenoxy) is 1. The van der Waals surface area contributed by atoms with Crippen LogP contribution in [-0.2, 0) is 6.42 Å². The zero-order valence-corrected chi connectivity index (χ0v) is 17.1. The molecule has 28 heavy (non-hydrogen) atoms. The SMILES string of the molecule is COc1cncnc1N1CCN(CCCc2c[nH]c3ccc(Cl)cc23)C(C)C1. The van der Waals surface area contributed by atoms with Gasteiger partial charge in [0.1, 0.15) is 6.33 Å². The molecule has 1 unspecified atom stereocenters. The number of rotatable bonds is 6. The predicted octanol–water partition coefficient (Wildman–Crippen LogP) is 3.76. The summed E-state index contributed by atoms with van der Waals surface area (Å²) in [6.45, 7) is 6.28. The van der Waals surface area contributed by atoms with E-state index >= 15 is 0 Å². The Labute approximate surface area is 170 Å². The van der Waals surface area contributed by atoms with E-state index in [1.807, 2.05) is 12.1 Å². The summed E-state index contributed by atoms with van der Waals surface area (Å²) in [6.07, 6.45) is 7.60. The summed E-state index contributed by atoms with van der Waals surface area (Å²) in [5, 5.41) is 2.03. The number of benzene rings is 1. The van der Waals surface area contributed by atoms with Gasteiger partial charge in [-0.1, -0.05) is 11.6 Å². The van der Waals surface area contributed by atoms with Crippen LogP contribution in [0.2, 0.25) is 5.02 Å². The zero-order valence-electron chi connectivity index (χ0n) is 16.4. The van der Waals surface area contributed by atoms with Gasteiger partial charge >= 0.3 is 0 Å². The van der Waals surface area contributed by atoms with Crippen LogP contribution in [-0.4, -0.2) is 59.2 Å². The van der Waals surface area contributed by atoms with Crippen LogP contribution in [0.15, 0.2) is 36.9 Å². The van der Waals surface area contributed by atoms with Crippen molar-refractivity contribution in [1.82, 2.24) is 19.9 Å². The van der Waals surface area contributed by atoms with E-state index in [0.717, 1.165) is 61.1 Å². The van der Waals surface area contributed by atoms with Gasteiger partial charge in [0, 0.05) is 47.8 Å². The maximum Gasteiger partial charge on any atom is 0.179 e. The quantitative estimate of drug-likeness (QED) is 0.683. The third-order valence-corrected chi connectivity index (χ3v) is 5.80. The third-order valence-electron chi connectivity index (χ3n) is 5.56. The van der Waals surface area contributed by atoms with Crippen molar-refractivity contribution >= 4 is 28.3 Å². The number of anilines is 1. The number of hydrogen-bond donors (Lipinski definition) is 1. The van der Waals surface area contributed by atoms with Crippen LogP contribution in [0.3, 0.4) is 0 Å². The lowest BCUT2D eigenvalue weighted by Crippen LogP contribution is -2.52. The fourth-order valence-corrected chi connectivity index (χ4v) is 4.21. The molecular weight excluding hydrogens is 374 g/mol. The largest absolute Gasteiger partial charge is 0.491 e. The fourth-order valence-electron chi connectivity index (χ4n) is 4.04. The number of piperazine rings is 1. The lowest BCUT2D eigenvalue weighted by Gasteiger charge is -2.40. The molecule has 4 rings (SSSR count). The Morgan fingerprint density at radius 2 is 2.21 bits per heavy atom. The second-order valence-corrected chi connectivity index (χ2v) is 7.79. The Kier molecular flexibility index (Phi) is 5.69. The maximum absolute atomic E-state index is 6.16. The van der Waals surface area contributed by atoms with E-state index in [2.05, 4.69) is 43.9 Å². The average molecular weight is 400 g/mol. The van der Waals surface area contributed by atoms with E-state index < -0.39 is 0 Å². The molecule has 0 amide bonds. The second-order valence-electron chi connectivity index (χ2n) is 7.35. The molecular formula is C21H26ClN5O. The molecule has 3 heterocycles. The van der Waals surface area contributed by atoms with E-state index in [9.17, 15) is 0 Å². The first-order valence-electron chi connectivity index (χ1n) is 9.74. The number of aryl methyl sites for hydroxylation is 1. The molecule has 0 aliphatic carbocycles. The highest BCUT2D eigenvalue weighted by Crippen LogP contribution is 2.27. The lowest BCUT2D eigenvalue weighted by molar-refractivity contribution is 0.186. The van der Waals surface area contributed by atoms with Crippen molar-refractivity contribution in [1.29, 1.82) is 0 Å². The molecule has 1 aliphatic heterocycles. The summed E-state index contributed by atoms with van der Waals surface area (Å²) in [5.41, 5.74) is 2.50. The molecule has 1 aliphatic rings. The molecule has 2 aromatic heterocycles. The number of fused-ring (bicyclic) bond motifs is 1. The summed E-state index contributed by atoms with van der Waals surface area (Å²) < 4.78 is 5.42. The van der Waals surface area contributed by atoms with Gasteiger partial charge in [-0.25, -0.2) is 9.97 Å². The highest BCUT2D eigenvalue weighted by atomic mass is 35.5. The molecule has 148 valence electrons. The number of methoxy groups -OCH3 is 1. The number of aromatic nitrogens is 3. The Bertz CT molecular complexity index is 943. The second kappa shape index (κ2) is 8.37. The van der Waals surface area contributed by atoms with Crippen LogP contribution in [0.1, 0.15) is 18.9 Å². The van der Waals surface area contributed by atoms with Gasteiger partial charge in [0.25, 0.3) is 0 Å². The summed E-state index contributed by atoms with van der Waals surface area (Å²) in [5.74, 6) is 1.63.